The van der Waals surface area contributed by atoms with Crippen molar-refractivity contribution in [3.8, 4) is 6.07 Å². The van der Waals surface area contributed by atoms with E-state index in [0.717, 1.165) is 11.3 Å². The maximum atomic E-state index is 11.7. The Morgan fingerprint density at radius 2 is 2.21 bits per heavy atom. The predicted molar refractivity (Wildman–Crippen MR) is 52.7 cm³/mol. The third-order valence-corrected chi connectivity index (χ3v) is 2.70. The summed E-state index contributed by atoms with van der Waals surface area (Å²) in [6.07, 6.45) is 0.218. The molecule has 0 aromatic heterocycles. The van der Waals surface area contributed by atoms with Gasteiger partial charge in [0.1, 0.15) is 0 Å². The molecule has 1 heterocycles. The Balaban J connectivity index is 2.55. The molecule has 1 aliphatic rings. The van der Waals surface area contributed by atoms with Gasteiger partial charge < -0.3 is 5.32 Å². The monoisotopic (exact) mass is 186 g/mol. The molecule has 1 aliphatic heterocycles. The summed E-state index contributed by atoms with van der Waals surface area (Å²) in [6.45, 7) is 1.80. The molecule has 2 rings (SSSR count). The number of carbonyl (C=O) groups excluding carboxylic acids is 1. The van der Waals surface area contributed by atoms with E-state index in [1.165, 1.54) is 0 Å². The summed E-state index contributed by atoms with van der Waals surface area (Å²) in [5.41, 5.74) is 1.08. The summed E-state index contributed by atoms with van der Waals surface area (Å²) in [4.78, 5) is 11.7. The van der Waals surface area contributed by atoms with Gasteiger partial charge in [-0.2, -0.15) is 5.26 Å². The Labute approximate surface area is 82.4 Å². The molecule has 0 spiro atoms. The van der Waals surface area contributed by atoms with Crippen molar-refractivity contribution in [2.75, 3.05) is 5.32 Å². The molecule has 70 valence electrons. The van der Waals surface area contributed by atoms with Crippen molar-refractivity contribution in [1.29, 1.82) is 5.26 Å². The first kappa shape index (κ1) is 8.76. The van der Waals surface area contributed by atoms with Crippen LogP contribution in [0.15, 0.2) is 24.3 Å². The highest BCUT2D eigenvalue weighted by Gasteiger charge is 2.42. The average molecular weight is 186 g/mol. The number of nitrogens with one attached hydrogen (secondary N) is 1. The van der Waals surface area contributed by atoms with Crippen LogP contribution in [0.3, 0.4) is 0 Å². The molecule has 0 fully saturated rings. The van der Waals surface area contributed by atoms with Crippen molar-refractivity contribution in [2.24, 2.45) is 0 Å². The van der Waals surface area contributed by atoms with E-state index in [2.05, 4.69) is 11.4 Å². The zero-order valence-corrected chi connectivity index (χ0v) is 7.87. The van der Waals surface area contributed by atoms with E-state index in [0.29, 0.717) is 0 Å². The Hall–Kier alpha value is -1.82. The fourth-order valence-electron chi connectivity index (χ4n) is 1.79. The van der Waals surface area contributed by atoms with Crippen LogP contribution in [0.2, 0.25) is 0 Å². The van der Waals surface area contributed by atoms with E-state index in [9.17, 15) is 4.79 Å². The molecule has 1 aromatic carbocycles. The first-order chi connectivity index (χ1) is 6.68. The second-order valence-electron chi connectivity index (χ2n) is 3.67. The lowest BCUT2D eigenvalue weighted by atomic mass is 9.81. The van der Waals surface area contributed by atoms with Crippen molar-refractivity contribution in [3.63, 3.8) is 0 Å². The quantitative estimate of drug-likeness (QED) is 0.727. The normalized spacial score (nSPS) is 23.9. The van der Waals surface area contributed by atoms with E-state index in [-0.39, 0.29) is 12.3 Å². The maximum Gasteiger partial charge on any atom is 0.235 e. The van der Waals surface area contributed by atoms with E-state index >= 15 is 0 Å². The van der Waals surface area contributed by atoms with E-state index in [1.54, 1.807) is 6.92 Å². The number of amides is 1. The molecule has 1 amide bonds. The lowest BCUT2D eigenvalue weighted by Gasteiger charge is -2.17. The minimum Gasteiger partial charge on any atom is -0.325 e. The van der Waals surface area contributed by atoms with Gasteiger partial charge in [0, 0.05) is 5.69 Å². The van der Waals surface area contributed by atoms with Crippen LogP contribution in [0.25, 0.3) is 0 Å². The Morgan fingerprint density at radius 3 is 2.93 bits per heavy atom. The van der Waals surface area contributed by atoms with Crippen LogP contribution in [-0.4, -0.2) is 5.91 Å². The number of carbonyl (C=O) groups is 1. The SMILES string of the molecule is C[C@]1(CC#N)C(=O)Nc2ccccc21. The summed E-state index contributed by atoms with van der Waals surface area (Å²) in [6, 6.07) is 9.57. The Bertz CT molecular complexity index is 433. The van der Waals surface area contributed by atoms with Crippen molar-refractivity contribution >= 4 is 11.6 Å². The number of hydrogen-bond acceptors (Lipinski definition) is 2. The van der Waals surface area contributed by atoms with Gasteiger partial charge in [0.25, 0.3) is 0 Å². The molecule has 0 saturated heterocycles. The van der Waals surface area contributed by atoms with Crippen LogP contribution in [0.5, 0.6) is 0 Å². The first-order valence-corrected chi connectivity index (χ1v) is 4.46. The van der Waals surface area contributed by atoms with Gasteiger partial charge in [-0.1, -0.05) is 18.2 Å². The zero-order chi connectivity index (χ0) is 10.2. The fourth-order valence-corrected chi connectivity index (χ4v) is 1.79. The molecule has 1 N–H and O–H groups in total. The van der Waals surface area contributed by atoms with Crippen LogP contribution in [0.1, 0.15) is 18.9 Å². The fraction of sp³-hybridized carbons (Fsp3) is 0.273. The maximum absolute atomic E-state index is 11.7. The third-order valence-electron chi connectivity index (χ3n) is 2.70. The molecule has 0 bridgehead atoms. The molecular formula is C11H10N2O. The average Bonchev–Trinajstić information content (AvgIpc) is 2.41. The number of fused-ring (bicyclic) bond motifs is 1. The molecule has 0 radical (unpaired) electrons. The minimum absolute atomic E-state index is 0.0831. The Kier molecular flexibility index (Phi) is 1.78. The molecule has 3 heteroatoms. The first-order valence-electron chi connectivity index (χ1n) is 4.46. The van der Waals surface area contributed by atoms with E-state index < -0.39 is 5.41 Å². The summed E-state index contributed by atoms with van der Waals surface area (Å²) >= 11 is 0. The van der Waals surface area contributed by atoms with Gasteiger partial charge in [0.05, 0.1) is 17.9 Å². The minimum atomic E-state index is -0.675. The second-order valence-corrected chi connectivity index (χ2v) is 3.67. The number of nitrogens with zero attached hydrogens (tertiary/aromatic N) is 1. The van der Waals surface area contributed by atoms with Gasteiger partial charge in [-0.25, -0.2) is 0 Å². The van der Waals surface area contributed by atoms with Crippen LogP contribution in [0.4, 0.5) is 5.69 Å². The topological polar surface area (TPSA) is 52.9 Å². The highest BCUT2D eigenvalue weighted by Crippen LogP contribution is 2.39. The number of hydrogen-bond donors (Lipinski definition) is 1. The predicted octanol–water partition coefficient (Wildman–Crippen LogP) is 1.81. The van der Waals surface area contributed by atoms with Gasteiger partial charge in [-0.3, -0.25) is 4.79 Å². The standard InChI is InChI=1S/C11H10N2O/c1-11(6-7-12)8-4-2-3-5-9(8)13-10(11)14/h2-5H,6H2,1H3,(H,13,14)/t11-/m1/s1. The molecule has 0 aliphatic carbocycles. The molecule has 0 unspecified atom stereocenters. The van der Waals surface area contributed by atoms with E-state index in [4.69, 9.17) is 5.26 Å². The summed E-state index contributed by atoms with van der Waals surface area (Å²) in [5.74, 6) is -0.0831. The second kappa shape index (κ2) is 2.85. The van der Waals surface area contributed by atoms with Gasteiger partial charge in [0.15, 0.2) is 0 Å². The number of rotatable bonds is 1. The molecule has 1 aromatic rings. The van der Waals surface area contributed by atoms with Gasteiger partial charge in [-0.05, 0) is 18.6 Å². The molecule has 1 atom stereocenters. The van der Waals surface area contributed by atoms with Crippen molar-refractivity contribution in [1.82, 2.24) is 0 Å². The van der Waals surface area contributed by atoms with Crippen molar-refractivity contribution in [2.45, 2.75) is 18.8 Å². The molecular weight excluding hydrogens is 176 g/mol. The van der Waals surface area contributed by atoms with Crippen LogP contribution >= 0.6 is 0 Å². The number of anilines is 1. The lowest BCUT2D eigenvalue weighted by molar-refractivity contribution is -0.120. The van der Waals surface area contributed by atoms with E-state index in [1.807, 2.05) is 24.3 Å². The molecule has 3 nitrogen and oxygen atoms in total. The summed E-state index contributed by atoms with van der Waals surface area (Å²) < 4.78 is 0. The number of nitriles is 1. The highest BCUT2D eigenvalue weighted by atomic mass is 16.2. The van der Waals surface area contributed by atoms with Gasteiger partial charge in [0.2, 0.25) is 5.91 Å². The van der Waals surface area contributed by atoms with Crippen LogP contribution < -0.4 is 5.32 Å². The van der Waals surface area contributed by atoms with Crippen LogP contribution in [-0.2, 0) is 10.2 Å². The molecule has 14 heavy (non-hydrogen) atoms. The Morgan fingerprint density at radius 1 is 1.50 bits per heavy atom. The number of para-hydroxylation sites is 1. The smallest absolute Gasteiger partial charge is 0.235 e. The van der Waals surface area contributed by atoms with Crippen molar-refractivity contribution in [3.05, 3.63) is 29.8 Å². The van der Waals surface area contributed by atoms with Gasteiger partial charge >= 0.3 is 0 Å². The summed E-state index contributed by atoms with van der Waals surface area (Å²) in [5, 5.41) is 11.5. The van der Waals surface area contributed by atoms with Crippen LogP contribution in [0, 0.1) is 11.3 Å². The lowest BCUT2D eigenvalue weighted by Crippen LogP contribution is -2.30. The highest BCUT2D eigenvalue weighted by molar-refractivity contribution is 6.06. The van der Waals surface area contributed by atoms with Crippen molar-refractivity contribution < 1.29 is 4.79 Å². The zero-order valence-electron chi connectivity index (χ0n) is 7.87. The summed E-state index contributed by atoms with van der Waals surface area (Å²) in [7, 11) is 0. The number of benzene rings is 1. The van der Waals surface area contributed by atoms with Gasteiger partial charge in [-0.15, -0.1) is 0 Å². The molecule has 0 saturated carbocycles. The third kappa shape index (κ3) is 1.01. The largest absolute Gasteiger partial charge is 0.325 e.